The summed E-state index contributed by atoms with van der Waals surface area (Å²) in [6, 6.07) is 3.59. The van der Waals surface area contributed by atoms with Crippen molar-refractivity contribution < 1.29 is 12.8 Å². The fraction of sp³-hybridized carbons (Fsp3) is 0.556. The Hall–Kier alpha value is -0.850. The Labute approximate surface area is 89.7 Å². The van der Waals surface area contributed by atoms with Gasteiger partial charge in [-0.3, -0.25) is 0 Å². The quantitative estimate of drug-likeness (QED) is 0.697. The van der Waals surface area contributed by atoms with Gasteiger partial charge < -0.3 is 10.2 Å². The van der Waals surface area contributed by atoms with Crippen LogP contribution in [0.25, 0.3) is 0 Å². The molecular formula is C9H16N2O3S. The van der Waals surface area contributed by atoms with Gasteiger partial charge in [-0.25, -0.2) is 13.1 Å². The summed E-state index contributed by atoms with van der Waals surface area (Å²) >= 11 is 0. The molecule has 1 rings (SSSR count). The summed E-state index contributed by atoms with van der Waals surface area (Å²) in [6.07, 6.45) is 2.61. The van der Waals surface area contributed by atoms with E-state index in [0.717, 1.165) is 5.76 Å². The first-order valence-corrected chi connectivity index (χ1v) is 6.49. The number of rotatable bonds is 7. The highest BCUT2D eigenvalue weighted by atomic mass is 32.2. The van der Waals surface area contributed by atoms with Crippen molar-refractivity contribution in [3.05, 3.63) is 24.2 Å². The Kier molecular flexibility index (Phi) is 4.80. The molecule has 0 radical (unpaired) electrons. The normalized spacial score (nSPS) is 11.8. The van der Waals surface area contributed by atoms with Crippen molar-refractivity contribution in [3.63, 3.8) is 0 Å². The van der Waals surface area contributed by atoms with E-state index in [1.165, 1.54) is 0 Å². The lowest BCUT2D eigenvalue weighted by molar-refractivity contribution is 0.505. The lowest BCUT2D eigenvalue weighted by Crippen LogP contribution is -2.29. The van der Waals surface area contributed by atoms with Crippen LogP contribution in [0, 0.1) is 0 Å². The van der Waals surface area contributed by atoms with Gasteiger partial charge in [0.15, 0.2) is 0 Å². The van der Waals surface area contributed by atoms with Crippen molar-refractivity contribution in [1.82, 2.24) is 4.72 Å². The van der Waals surface area contributed by atoms with Crippen molar-refractivity contribution in [2.45, 2.75) is 12.8 Å². The lowest BCUT2D eigenvalue weighted by atomic mass is 10.3. The summed E-state index contributed by atoms with van der Waals surface area (Å²) < 4.78 is 30.2. The molecule has 86 valence electrons. The van der Waals surface area contributed by atoms with Gasteiger partial charge in [0.25, 0.3) is 0 Å². The molecule has 0 aromatic carbocycles. The van der Waals surface area contributed by atoms with Crippen molar-refractivity contribution in [1.29, 1.82) is 0 Å². The lowest BCUT2D eigenvalue weighted by Gasteiger charge is -2.04. The van der Waals surface area contributed by atoms with E-state index in [-0.39, 0.29) is 5.75 Å². The maximum absolute atomic E-state index is 11.3. The van der Waals surface area contributed by atoms with E-state index in [4.69, 9.17) is 10.2 Å². The molecule has 0 fully saturated rings. The van der Waals surface area contributed by atoms with E-state index in [1.54, 1.807) is 12.3 Å². The molecule has 0 spiro atoms. The fourth-order valence-corrected chi connectivity index (χ4v) is 2.23. The zero-order valence-corrected chi connectivity index (χ0v) is 9.29. The molecule has 15 heavy (non-hydrogen) atoms. The molecule has 1 aromatic heterocycles. The highest BCUT2D eigenvalue weighted by molar-refractivity contribution is 7.89. The van der Waals surface area contributed by atoms with Gasteiger partial charge >= 0.3 is 0 Å². The predicted molar refractivity (Wildman–Crippen MR) is 57.9 cm³/mol. The number of nitrogens with two attached hydrogens (primary N) is 1. The number of hydrogen-bond donors (Lipinski definition) is 2. The van der Waals surface area contributed by atoms with Crippen LogP contribution in [-0.4, -0.2) is 27.3 Å². The average Bonchev–Trinajstić information content (AvgIpc) is 2.67. The molecular weight excluding hydrogens is 216 g/mol. The van der Waals surface area contributed by atoms with Gasteiger partial charge in [0, 0.05) is 13.0 Å². The minimum Gasteiger partial charge on any atom is -0.469 e. The summed E-state index contributed by atoms with van der Waals surface area (Å²) in [4.78, 5) is 0. The Balaban J connectivity index is 2.24. The van der Waals surface area contributed by atoms with Gasteiger partial charge in [-0.1, -0.05) is 0 Å². The molecule has 6 heteroatoms. The summed E-state index contributed by atoms with van der Waals surface area (Å²) in [5, 5.41) is 0. The molecule has 1 heterocycles. The minimum atomic E-state index is -3.17. The second-order valence-corrected chi connectivity index (χ2v) is 5.11. The second kappa shape index (κ2) is 5.89. The first kappa shape index (κ1) is 12.2. The molecule has 0 aliphatic heterocycles. The highest BCUT2D eigenvalue weighted by Crippen LogP contribution is 2.00. The molecule has 0 aliphatic carbocycles. The van der Waals surface area contributed by atoms with E-state index in [0.29, 0.717) is 25.9 Å². The van der Waals surface area contributed by atoms with Crippen molar-refractivity contribution in [2.75, 3.05) is 18.8 Å². The average molecular weight is 232 g/mol. The van der Waals surface area contributed by atoms with Gasteiger partial charge in [0.05, 0.1) is 12.0 Å². The Morgan fingerprint density at radius 3 is 2.87 bits per heavy atom. The smallest absolute Gasteiger partial charge is 0.211 e. The first-order chi connectivity index (χ1) is 7.14. The summed E-state index contributed by atoms with van der Waals surface area (Å²) in [5.41, 5.74) is 5.23. The predicted octanol–water partition coefficient (Wildman–Crippen LogP) is 0.0903. The van der Waals surface area contributed by atoms with Gasteiger partial charge in [-0.2, -0.15) is 0 Å². The van der Waals surface area contributed by atoms with E-state index in [9.17, 15) is 8.42 Å². The molecule has 3 N–H and O–H groups in total. The van der Waals surface area contributed by atoms with Crippen LogP contribution in [0.2, 0.25) is 0 Å². The van der Waals surface area contributed by atoms with E-state index in [2.05, 4.69) is 4.72 Å². The third kappa shape index (κ3) is 4.96. The van der Waals surface area contributed by atoms with Gasteiger partial charge in [-0.15, -0.1) is 0 Å². The zero-order valence-electron chi connectivity index (χ0n) is 8.48. The first-order valence-electron chi connectivity index (χ1n) is 4.84. The number of furan rings is 1. The molecule has 0 atom stereocenters. The van der Waals surface area contributed by atoms with Crippen LogP contribution in [0.5, 0.6) is 0 Å². The maximum atomic E-state index is 11.3. The molecule has 0 unspecified atom stereocenters. The minimum absolute atomic E-state index is 0.0850. The maximum Gasteiger partial charge on any atom is 0.211 e. The van der Waals surface area contributed by atoms with Gasteiger partial charge in [0.2, 0.25) is 10.0 Å². The fourth-order valence-electron chi connectivity index (χ4n) is 1.13. The molecule has 1 aromatic rings. The van der Waals surface area contributed by atoms with Crippen LogP contribution in [0.4, 0.5) is 0 Å². The molecule has 0 bridgehead atoms. The molecule has 0 saturated carbocycles. The Morgan fingerprint density at radius 1 is 1.47 bits per heavy atom. The zero-order chi connectivity index (χ0) is 11.1. The van der Waals surface area contributed by atoms with Crippen LogP contribution >= 0.6 is 0 Å². The van der Waals surface area contributed by atoms with Crippen molar-refractivity contribution >= 4 is 10.0 Å². The number of nitrogens with one attached hydrogen (secondary N) is 1. The largest absolute Gasteiger partial charge is 0.469 e. The Morgan fingerprint density at radius 2 is 2.27 bits per heavy atom. The monoisotopic (exact) mass is 232 g/mol. The summed E-state index contributed by atoms with van der Waals surface area (Å²) in [7, 11) is -3.17. The molecule has 0 amide bonds. The Bertz CT molecular complexity index is 359. The van der Waals surface area contributed by atoms with Crippen LogP contribution in [0.1, 0.15) is 12.2 Å². The van der Waals surface area contributed by atoms with Crippen molar-refractivity contribution in [2.24, 2.45) is 5.73 Å². The SMILES string of the molecule is NCCCS(=O)(=O)NCCc1ccco1. The standard InChI is InChI=1S/C9H16N2O3S/c10-5-2-8-15(12,13)11-6-4-9-3-1-7-14-9/h1,3,7,11H,2,4-6,8,10H2. The van der Waals surface area contributed by atoms with Gasteiger partial charge in [0.1, 0.15) is 5.76 Å². The highest BCUT2D eigenvalue weighted by Gasteiger charge is 2.08. The summed E-state index contributed by atoms with van der Waals surface area (Å²) in [6.45, 7) is 0.750. The van der Waals surface area contributed by atoms with Crippen LogP contribution in [0.15, 0.2) is 22.8 Å². The van der Waals surface area contributed by atoms with Crippen LogP contribution in [-0.2, 0) is 16.4 Å². The van der Waals surface area contributed by atoms with Crippen LogP contribution < -0.4 is 10.5 Å². The third-order valence-electron chi connectivity index (χ3n) is 1.89. The van der Waals surface area contributed by atoms with Gasteiger partial charge in [-0.05, 0) is 25.1 Å². The van der Waals surface area contributed by atoms with Crippen LogP contribution in [0.3, 0.4) is 0 Å². The van der Waals surface area contributed by atoms with E-state index >= 15 is 0 Å². The number of hydrogen-bond acceptors (Lipinski definition) is 4. The topological polar surface area (TPSA) is 85.3 Å². The second-order valence-electron chi connectivity index (χ2n) is 3.18. The molecule has 0 aliphatic rings. The molecule has 5 nitrogen and oxygen atoms in total. The van der Waals surface area contributed by atoms with Crippen molar-refractivity contribution in [3.8, 4) is 0 Å². The molecule has 0 saturated heterocycles. The number of sulfonamides is 1. The third-order valence-corrected chi connectivity index (χ3v) is 3.36. The van der Waals surface area contributed by atoms with E-state index < -0.39 is 10.0 Å². The summed E-state index contributed by atoms with van der Waals surface area (Å²) in [5.74, 6) is 0.860. The van der Waals surface area contributed by atoms with E-state index in [1.807, 2.05) is 6.07 Å².